The van der Waals surface area contributed by atoms with Gasteiger partial charge in [-0.05, 0) is 43.9 Å². The van der Waals surface area contributed by atoms with Crippen LogP contribution in [0.3, 0.4) is 0 Å². The number of carbonyl (C=O) groups is 1. The number of carbonyl (C=O) groups excluding carboxylic acids is 1. The van der Waals surface area contributed by atoms with Crippen LogP contribution in [0.4, 0.5) is 5.69 Å². The van der Waals surface area contributed by atoms with E-state index in [4.69, 9.17) is 15.7 Å². The van der Waals surface area contributed by atoms with E-state index < -0.39 is 5.41 Å². The number of nitrogens with one attached hydrogen (secondary N) is 1. The number of aryl methyl sites for hydroxylation is 2. The number of oxime groups is 1. The van der Waals surface area contributed by atoms with Gasteiger partial charge in [0.2, 0.25) is 5.91 Å². The third-order valence-corrected chi connectivity index (χ3v) is 4.02. The Morgan fingerprint density at radius 3 is 2.67 bits per heavy atom. The molecule has 0 spiro atoms. The molecule has 1 aromatic carbocycles. The van der Waals surface area contributed by atoms with Crippen LogP contribution in [0.5, 0.6) is 0 Å². The number of amidine groups is 1. The van der Waals surface area contributed by atoms with Gasteiger partial charge in [0.25, 0.3) is 0 Å². The average Bonchev–Trinajstić information content (AvgIpc) is 2.50. The number of amides is 1. The van der Waals surface area contributed by atoms with Gasteiger partial charge in [-0.2, -0.15) is 0 Å². The summed E-state index contributed by atoms with van der Waals surface area (Å²) >= 11 is 0. The summed E-state index contributed by atoms with van der Waals surface area (Å²) in [5.41, 5.74) is 7.55. The Labute approximate surface area is 124 Å². The standard InChI is InChI=1S/C15H21N3O3/c1-10-3-4-11(2)12(9-10)17-14(19)15(13(16)18-20)5-7-21-8-6-15/h3-4,9,20H,5-8H2,1-2H3,(H2,16,18)(H,17,19). The van der Waals surface area contributed by atoms with Crippen molar-refractivity contribution in [1.82, 2.24) is 0 Å². The van der Waals surface area contributed by atoms with Crippen LogP contribution >= 0.6 is 0 Å². The van der Waals surface area contributed by atoms with Gasteiger partial charge in [-0.25, -0.2) is 0 Å². The number of anilines is 1. The highest BCUT2D eigenvalue weighted by Crippen LogP contribution is 2.33. The van der Waals surface area contributed by atoms with Crippen LogP contribution < -0.4 is 11.1 Å². The quantitative estimate of drug-likeness (QED) is 0.342. The maximum Gasteiger partial charge on any atom is 0.238 e. The molecule has 1 aliphatic rings. The lowest BCUT2D eigenvalue weighted by Gasteiger charge is -2.34. The van der Waals surface area contributed by atoms with Gasteiger partial charge in [0.1, 0.15) is 5.41 Å². The Balaban J connectivity index is 2.29. The van der Waals surface area contributed by atoms with Crippen LogP contribution in [0, 0.1) is 19.3 Å². The monoisotopic (exact) mass is 291 g/mol. The minimum atomic E-state index is -1.01. The summed E-state index contributed by atoms with van der Waals surface area (Å²) in [5.74, 6) is -0.316. The molecule has 1 heterocycles. The molecule has 0 aliphatic carbocycles. The van der Waals surface area contributed by atoms with Gasteiger partial charge >= 0.3 is 0 Å². The van der Waals surface area contributed by atoms with Crippen molar-refractivity contribution in [2.75, 3.05) is 18.5 Å². The highest BCUT2D eigenvalue weighted by atomic mass is 16.5. The molecular weight excluding hydrogens is 270 g/mol. The minimum absolute atomic E-state index is 0.0615. The first kappa shape index (κ1) is 15.3. The average molecular weight is 291 g/mol. The smallest absolute Gasteiger partial charge is 0.238 e. The van der Waals surface area contributed by atoms with Crippen molar-refractivity contribution in [3.8, 4) is 0 Å². The summed E-state index contributed by atoms with van der Waals surface area (Å²) in [6, 6.07) is 5.84. The summed E-state index contributed by atoms with van der Waals surface area (Å²) in [7, 11) is 0. The summed E-state index contributed by atoms with van der Waals surface area (Å²) in [6.07, 6.45) is 0.805. The zero-order valence-electron chi connectivity index (χ0n) is 12.3. The Kier molecular flexibility index (Phi) is 4.47. The first-order chi connectivity index (χ1) is 9.99. The van der Waals surface area contributed by atoms with Gasteiger partial charge < -0.3 is 21.0 Å². The molecule has 0 radical (unpaired) electrons. The Morgan fingerprint density at radius 1 is 1.38 bits per heavy atom. The normalized spacial score (nSPS) is 18.3. The van der Waals surface area contributed by atoms with E-state index in [9.17, 15) is 4.79 Å². The fourth-order valence-electron chi connectivity index (χ4n) is 2.53. The molecule has 1 aromatic rings. The van der Waals surface area contributed by atoms with Gasteiger partial charge in [0.05, 0.1) is 0 Å². The van der Waals surface area contributed by atoms with Crippen molar-refractivity contribution < 1.29 is 14.7 Å². The van der Waals surface area contributed by atoms with Crippen LogP contribution in [-0.2, 0) is 9.53 Å². The minimum Gasteiger partial charge on any atom is -0.409 e. The summed E-state index contributed by atoms with van der Waals surface area (Å²) in [5, 5.41) is 15.0. The molecule has 1 saturated heterocycles. The van der Waals surface area contributed by atoms with Crippen LogP contribution in [0.2, 0.25) is 0 Å². The molecule has 0 unspecified atom stereocenters. The van der Waals surface area contributed by atoms with Crippen LogP contribution in [0.25, 0.3) is 0 Å². The van der Waals surface area contributed by atoms with E-state index in [-0.39, 0.29) is 11.7 Å². The van der Waals surface area contributed by atoms with Crippen molar-refractivity contribution in [3.05, 3.63) is 29.3 Å². The molecule has 2 rings (SSSR count). The van der Waals surface area contributed by atoms with Gasteiger partial charge in [0.15, 0.2) is 5.84 Å². The lowest BCUT2D eigenvalue weighted by molar-refractivity contribution is -0.126. The topological polar surface area (TPSA) is 96.9 Å². The van der Waals surface area contributed by atoms with Gasteiger partial charge in [0, 0.05) is 18.9 Å². The number of hydrogen-bond donors (Lipinski definition) is 3. The molecular formula is C15H21N3O3. The maximum absolute atomic E-state index is 12.7. The van der Waals surface area contributed by atoms with E-state index in [1.165, 1.54) is 0 Å². The second-order valence-electron chi connectivity index (χ2n) is 5.45. The van der Waals surface area contributed by atoms with Crippen molar-refractivity contribution in [1.29, 1.82) is 0 Å². The zero-order valence-corrected chi connectivity index (χ0v) is 12.3. The summed E-state index contributed by atoms with van der Waals surface area (Å²) in [4.78, 5) is 12.7. The SMILES string of the molecule is Cc1ccc(C)c(NC(=O)C2(C(N)=NO)CCOCC2)c1. The molecule has 0 atom stereocenters. The van der Waals surface area contributed by atoms with E-state index in [2.05, 4.69) is 10.5 Å². The number of rotatable bonds is 3. The van der Waals surface area contributed by atoms with Crippen molar-refractivity contribution >= 4 is 17.4 Å². The Hall–Kier alpha value is -2.08. The largest absolute Gasteiger partial charge is 0.409 e. The van der Waals surface area contributed by atoms with Gasteiger partial charge in [-0.15, -0.1) is 0 Å². The number of hydrogen-bond acceptors (Lipinski definition) is 4. The number of ether oxygens (including phenoxy) is 1. The number of nitrogens with two attached hydrogens (primary N) is 1. The Bertz CT molecular complexity index is 563. The molecule has 0 aromatic heterocycles. The van der Waals surface area contributed by atoms with Crippen molar-refractivity contribution in [2.24, 2.45) is 16.3 Å². The van der Waals surface area contributed by atoms with Crippen molar-refractivity contribution in [2.45, 2.75) is 26.7 Å². The summed E-state index contributed by atoms with van der Waals surface area (Å²) < 4.78 is 5.29. The van der Waals surface area contributed by atoms with Gasteiger partial charge in [-0.1, -0.05) is 17.3 Å². The number of benzene rings is 1. The molecule has 1 aliphatic heterocycles. The molecule has 114 valence electrons. The molecule has 6 nitrogen and oxygen atoms in total. The molecule has 0 bridgehead atoms. The van der Waals surface area contributed by atoms with Crippen LogP contribution in [-0.4, -0.2) is 30.2 Å². The summed E-state index contributed by atoms with van der Waals surface area (Å²) in [6.45, 7) is 4.71. The predicted molar refractivity (Wildman–Crippen MR) is 80.4 cm³/mol. The fourth-order valence-corrected chi connectivity index (χ4v) is 2.53. The zero-order chi connectivity index (χ0) is 15.5. The van der Waals surface area contributed by atoms with Gasteiger partial charge in [-0.3, -0.25) is 4.79 Å². The second-order valence-corrected chi connectivity index (χ2v) is 5.45. The van der Waals surface area contributed by atoms with Crippen LogP contribution in [0.15, 0.2) is 23.4 Å². The third-order valence-electron chi connectivity index (χ3n) is 4.02. The van der Waals surface area contributed by atoms with Crippen LogP contribution in [0.1, 0.15) is 24.0 Å². The van der Waals surface area contributed by atoms with E-state index in [1.807, 2.05) is 32.0 Å². The van der Waals surface area contributed by atoms with E-state index in [0.29, 0.717) is 26.1 Å². The highest BCUT2D eigenvalue weighted by molar-refractivity contribution is 6.12. The second kappa shape index (κ2) is 6.13. The van der Waals surface area contributed by atoms with E-state index >= 15 is 0 Å². The van der Waals surface area contributed by atoms with E-state index in [1.54, 1.807) is 0 Å². The molecule has 1 amide bonds. The van der Waals surface area contributed by atoms with E-state index in [0.717, 1.165) is 16.8 Å². The lowest BCUT2D eigenvalue weighted by Crippen LogP contribution is -2.50. The molecule has 6 heteroatoms. The predicted octanol–water partition coefficient (Wildman–Crippen LogP) is 1.79. The van der Waals surface area contributed by atoms with Crippen molar-refractivity contribution in [3.63, 3.8) is 0 Å². The maximum atomic E-state index is 12.7. The molecule has 21 heavy (non-hydrogen) atoms. The third kappa shape index (κ3) is 3.00. The fraction of sp³-hybridized carbons (Fsp3) is 0.467. The molecule has 4 N–H and O–H groups in total. The Morgan fingerprint density at radius 2 is 2.05 bits per heavy atom. The first-order valence-corrected chi connectivity index (χ1v) is 6.94. The molecule has 0 saturated carbocycles. The first-order valence-electron chi connectivity index (χ1n) is 6.94. The lowest BCUT2D eigenvalue weighted by atomic mass is 9.78. The molecule has 1 fully saturated rings. The highest BCUT2D eigenvalue weighted by Gasteiger charge is 2.44. The number of nitrogens with zero attached hydrogens (tertiary/aromatic N) is 1.